The van der Waals surface area contributed by atoms with E-state index >= 15 is 0 Å². The second-order valence-electron chi connectivity index (χ2n) is 7.66. The van der Waals surface area contributed by atoms with Crippen LogP contribution in [-0.4, -0.2) is 18.2 Å². The summed E-state index contributed by atoms with van der Waals surface area (Å²) < 4.78 is 5.33. The minimum atomic E-state index is -0.548. The molecule has 1 aromatic carbocycles. The van der Waals surface area contributed by atoms with Gasteiger partial charge in [-0.05, 0) is 50.3 Å². The first-order valence-electron chi connectivity index (χ1n) is 7.51. The third-order valence-corrected chi connectivity index (χ3v) is 4.63. The molecule has 1 amide bonds. The maximum Gasteiger partial charge on any atom is 0.412 e. The van der Waals surface area contributed by atoms with Crippen LogP contribution in [0, 0.1) is 5.41 Å². The molecule has 1 atom stereocenters. The molecule has 1 aromatic rings. The van der Waals surface area contributed by atoms with Gasteiger partial charge in [-0.1, -0.05) is 31.5 Å². The fraction of sp³-hybridized carbons (Fsp3) is 0.588. The highest BCUT2D eigenvalue weighted by molar-refractivity contribution is 6.31. The zero-order valence-corrected chi connectivity index (χ0v) is 14.7. The summed E-state index contributed by atoms with van der Waals surface area (Å²) in [5, 5.41) is 3.39. The van der Waals surface area contributed by atoms with Crippen molar-refractivity contribution in [2.45, 2.75) is 52.1 Å². The summed E-state index contributed by atoms with van der Waals surface area (Å²) in [6, 6.07) is 5.55. The van der Waals surface area contributed by atoms with Crippen molar-refractivity contribution >= 4 is 23.4 Å². The van der Waals surface area contributed by atoms with Crippen LogP contribution in [0.25, 0.3) is 0 Å². The lowest BCUT2D eigenvalue weighted by molar-refractivity contribution is 0.0635. The van der Waals surface area contributed by atoms with Gasteiger partial charge in [-0.3, -0.25) is 5.32 Å². The Hall–Kier alpha value is -1.26. The highest BCUT2D eigenvalue weighted by Gasteiger charge is 2.61. The molecule has 5 heteroatoms. The molecule has 1 aliphatic rings. The standard InChI is InChI=1S/C17H25ClN2O2/c1-15(2,3)22-14(21)20-13-8-11(18)6-7-12(13)17(10-19)9-16(17,4)5/h6-8H,9-10,19H2,1-5H3,(H,20,21). The van der Waals surface area contributed by atoms with Crippen LogP contribution in [0.15, 0.2) is 18.2 Å². The zero-order valence-electron chi connectivity index (χ0n) is 13.9. The summed E-state index contributed by atoms with van der Waals surface area (Å²) in [5.74, 6) is 0. The molecular weight excluding hydrogens is 300 g/mol. The number of ether oxygens (including phenoxy) is 1. The van der Waals surface area contributed by atoms with Crippen molar-refractivity contribution in [1.29, 1.82) is 0 Å². The van der Waals surface area contributed by atoms with Gasteiger partial charge >= 0.3 is 6.09 Å². The monoisotopic (exact) mass is 324 g/mol. The van der Waals surface area contributed by atoms with E-state index in [2.05, 4.69) is 19.2 Å². The van der Waals surface area contributed by atoms with Gasteiger partial charge in [0.05, 0.1) is 0 Å². The minimum absolute atomic E-state index is 0.111. The molecule has 0 saturated heterocycles. The number of anilines is 1. The SMILES string of the molecule is CC(C)(C)OC(=O)Nc1cc(Cl)ccc1C1(CN)CC1(C)C. The Balaban J connectivity index is 2.32. The quantitative estimate of drug-likeness (QED) is 0.870. The van der Waals surface area contributed by atoms with Crippen LogP contribution < -0.4 is 11.1 Å². The number of nitrogens with one attached hydrogen (secondary N) is 1. The number of carbonyl (C=O) groups excluding carboxylic acids is 1. The Morgan fingerprint density at radius 1 is 1.41 bits per heavy atom. The van der Waals surface area contributed by atoms with E-state index in [1.807, 2.05) is 32.9 Å². The second-order valence-corrected chi connectivity index (χ2v) is 8.10. The van der Waals surface area contributed by atoms with Crippen molar-refractivity contribution in [2.75, 3.05) is 11.9 Å². The lowest BCUT2D eigenvalue weighted by Gasteiger charge is -2.24. The van der Waals surface area contributed by atoms with Gasteiger partial charge < -0.3 is 10.5 Å². The first-order valence-corrected chi connectivity index (χ1v) is 7.89. The third-order valence-electron chi connectivity index (χ3n) is 4.40. The summed E-state index contributed by atoms with van der Waals surface area (Å²) in [6.07, 6.45) is 0.503. The van der Waals surface area contributed by atoms with Crippen LogP contribution in [0.1, 0.15) is 46.6 Å². The second kappa shape index (κ2) is 5.43. The molecular formula is C17H25ClN2O2. The summed E-state index contributed by atoms with van der Waals surface area (Å²) in [4.78, 5) is 12.1. The predicted octanol–water partition coefficient (Wildman–Crippen LogP) is 4.31. The molecule has 1 fully saturated rings. The van der Waals surface area contributed by atoms with Crippen LogP contribution in [0.4, 0.5) is 10.5 Å². The van der Waals surface area contributed by atoms with Gasteiger partial charge in [0.15, 0.2) is 0 Å². The summed E-state index contributed by atoms with van der Waals surface area (Å²) in [7, 11) is 0. The van der Waals surface area contributed by atoms with E-state index in [1.54, 1.807) is 6.07 Å². The maximum atomic E-state index is 12.1. The molecule has 1 saturated carbocycles. The molecule has 0 aromatic heterocycles. The van der Waals surface area contributed by atoms with Crippen LogP contribution >= 0.6 is 11.6 Å². The number of rotatable bonds is 3. The molecule has 3 N–H and O–H groups in total. The van der Waals surface area contributed by atoms with Crippen molar-refractivity contribution in [3.05, 3.63) is 28.8 Å². The molecule has 0 radical (unpaired) electrons. The van der Waals surface area contributed by atoms with Gasteiger partial charge in [-0.2, -0.15) is 0 Å². The Kier molecular flexibility index (Phi) is 4.22. The molecule has 2 rings (SSSR count). The van der Waals surface area contributed by atoms with Crippen LogP contribution in [0.2, 0.25) is 5.02 Å². The molecule has 1 aliphatic carbocycles. The van der Waals surface area contributed by atoms with Gasteiger partial charge in [-0.25, -0.2) is 4.79 Å². The molecule has 0 spiro atoms. The Morgan fingerprint density at radius 2 is 2.00 bits per heavy atom. The van der Waals surface area contributed by atoms with E-state index in [9.17, 15) is 4.79 Å². The number of nitrogens with two attached hydrogens (primary N) is 1. The molecule has 1 unspecified atom stereocenters. The van der Waals surface area contributed by atoms with Gasteiger partial charge in [0, 0.05) is 22.7 Å². The van der Waals surface area contributed by atoms with Gasteiger partial charge in [0.2, 0.25) is 0 Å². The first-order chi connectivity index (χ1) is 10.0. The van der Waals surface area contributed by atoms with Crippen molar-refractivity contribution < 1.29 is 9.53 Å². The first kappa shape index (κ1) is 17.1. The number of hydrogen-bond donors (Lipinski definition) is 2. The number of carbonyl (C=O) groups is 1. The van der Waals surface area contributed by atoms with E-state index in [0.717, 1.165) is 12.0 Å². The van der Waals surface area contributed by atoms with E-state index < -0.39 is 11.7 Å². The summed E-state index contributed by atoms with van der Waals surface area (Å²) in [5.41, 5.74) is 7.18. The van der Waals surface area contributed by atoms with Crippen molar-refractivity contribution in [3.63, 3.8) is 0 Å². The fourth-order valence-electron chi connectivity index (χ4n) is 3.08. The van der Waals surface area contributed by atoms with Gasteiger partial charge in [0.25, 0.3) is 0 Å². The molecule has 122 valence electrons. The van der Waals surface area contributed by atoms with E-state index in [1.165, 1.54) is 0 Å². The molecule has 4 nitrogen and oxygen atoms in total. The number of hydrogen-bond acceptors (Lipinski definition) is 3. The lowest BCUT2D eigenvalue weighted by Crippen LogP contribution is -2.30. The van der Waals surface area contributed by atoms with E-state index in [0.29, 0.717) is 17.3 Å². The number of halogens is 1. The average Bonchev–Trinajstić information content (AvgIpc) is 2.90. The van der Waals surface area contributed by atoms with E-state index in [4.69, 9.17) is 22.1 Å². The van der Waals surface area contributed by atoms with Crippen molar-refractivity contribution in [1.82, 2.24) is 0 Å². The molecule has 0 heterocycles. The lowest BCUT2D eigenvalue weighted by atomic mass is 9.87. The van der Waals surface area contributed by atoms with Crippen molar-refractivity contribution in [3.8, 4) is 0 Å². The summed E-state index contributed by atoms with van der Waals surface area (Å²) >= 11 is 6.09. The fourth-order valence-corrected chi connectivity index (χ4v) is 3.25. The van der Waals surface area contributed by atoms with Gasteiger partial charge in [-0.15, -0.1) is 0 Å². The Bertz CT molecular complexity index is 593. The normalized spacial score (nSPS) is 23.0. The molecule has 0 aliphatic heterocycles. The maximum absolute atomic E-state index is 12.1. The van der Waals surface area contributed by atoms with Gasteiger partial charge in [0.1, 0.15) is 5.60 Å². The minimum Gasteiger partial charge on any atom is -0.444 e. The Labute approximate surface area is 137 Å². The zero-order chi connectivity index (χ0) is 16.8. The molecule has 22 heavy (non-hydrogen) atoms. The third kappa shape index (κ3) is 3.23. The number of amides is 1. The highest BCUT2D eigenvalue weighted by Crippen LogP contribution is 2.65. The smallest absolute Gasteiger partial charge is 0.412 e. The topological polar surface area (TPSA) is 64.3 Å². The Morgan fingerprint density at radius 3 is 2.45 bits per heavy atom. The molecule has 0 bridgehead atoms. The highest BCUT2D eigenvalue weighted by atomic mass is 35.5. The van der Waals surface area contributed by atoms with Crippen molar-refractivity contribution in [2.24, 2.45) is 11.1 Å². The number of benzene rings is 1. The van der Waals surface area contributed by atoms with E-state index in [-0.39, 0.29) is 10.8 Å². The van der Waals surface area contributed by atoms with Crippen LogP contribution in [0.5, 0.6) is 0 Å². The van der Waals surface area contributed by atoms with Crippen LogP contribution in [-0.2, 0) is 10.2 Å². The van der Waals surface area contributed by atoms with Crippen LogP contribution in [0.3, 0.4) is 0 Å². The summed E-state index contributed by atoms with van der Waals surface area (Å²) in [6.45, 7) is 10.4. The average molecular weight is 325 g/mol. The predicted molar refractivity (Wildman–Crippen MR) is 90.4 cm³/mol. The largest absolute Gasteiger partial charge is 0.444 e.